The molecule has 1 aliphatic heterocycles. The second kappa shape index (κ2) is 10.5. The van der Waals surface area contributed by atoms with Crippen molar-refractivity contribution in [2.75, 3.05) is 22.0 Å². The highest BCUT2D eigenvalue weighted by Crippen LogP contribution is 2.40. The van der Waals surface area contributed by atoms with Crippen LogP contribution in [0.3, 0.4) is 0 Å². The number of ether oxygens (including phenoxy) is 1. The molecule has 3 aromatic carbocycles. The summed E-state index contributed by atoms with van der Waals surface area (Å²) in [5, 5.41) is 7.33. The van der Waals surface area contributed by atoms with E-state index in [9.17, 15) is 13.2 Å². The van der Waals surface area contributed by atoms with E-state index in [0.717, 1.165) is 28.9 Å². The highest BCUT2D eigenvalue weighted by Gasteiger charge is 2.32. The first-order chi connectivity index (χ1) is 18.7. The molecule has 5 rings (SSSR count). The van der Waals surface area contributed by atoms with Gasteiger partial charge in [-0.1, -0.05) is 60.6 Å². The van der Waals surface area contributed by atoms with Crippen molar-refractivity contribution in [3.63, 3.8) is 0 Å². The lowest BCUT2D eigenvalue weighted by molar-refractivity contribution is 0.0601. The number of para-hydroxylation sites is 1. The summed E-state index contributed by atoms with van der Waals surface area (Å²) in [6, 6.07) is 20.2. The zero-order valence-electron chi connectivity index (χ0n) is 22.2. The number of esters is 1. The molecule has 1 atom stereocenters. The van der Waals surface area contributed by atoms with Crippen molar-refractivity contribution in [3.05, 3.63) is 89.1 Å². The number of aryl methyl sites for hydroxylation is 1. The van der Waals surface area contributed by atoms with Crippen molar-refractivity contribution in [1.29, 1.82) is 0 Å². The molecule has 2 N–H and O–H groups in total. The number of carbonyl (C=O) groups excluding carboxylic acids is 1. The van der Waals surface area contributed by atoms with Crippen LogP contribution in [0.2, 0.25) is 0 Å². The molecule has 9 nitrogen and oxygen atoms in total. The summed E-state index contributed by atoms with van der Waals surface area (Å²) in [6.45, 7) is 6.14. The predicted octanol–water partition coefficient (Wildman–Crippen LogP) is 5.71. The van der Waals surface area contributed by atoms with Gasteiger partial charge in [0.05, 0.1) is 40.8 Å². The lowest BCUT2D eigenvalue weighted by Gasteiger charge is -2.27. The molecule has 202 valence electrons. The average molecular weight is 547 g/mol. The number of nitrogens with one attached hydrogen (secondary N) is 2. The molecule has 10 heteroatoms. The minimum absolute atomic E-state index is 0.0191. The SMILES string of the molecule is CCC1Nc2cccc(C(=O)OC)c2N1Cc1ccc(-c2ccccc2S(=O)(=O)Nc2onc(C)c2C)cc1. The molecule has 1 unspecified atom stereocenters. The topological polar surface area (TPSA) is 114 Å². The van der Waals surface area contributed by atoms with Crippen LogP contribution in [-0.4, -0.2) is 32.8 Å². The normalized spacial score (nSPS) is 14.6. The zero-order valence-corrected chi connectivity index (χ0v) is 23.0. The van der Waals surface area contributed by atoms with Crippen LogP contribution < -0.4 is 14.9 Å². The minimum Gasteiger partial charge on any atom is -0.465 e. The molecule has 0 spiro atoms. The fourth-order valence-electron chi connectivity index (χ4n) is 4.78. The Morgan fingerprint density at radius 2 is 1.82 bits per heavy atom. The van der Waals surface area contributed by atoms with E-state index in [-0.39, 0.29) is 22.9 Å². The van der Waals surface area contributed by atoms with Crippen molar-refractivity contribution < 1.29 is 22.5 Å². The third kappa shape index (κ3) is 4.95. The Morgan fingerprint density at radius 1 is 1.08 bits per heavy atom. The van der Waals surface area contributed by atoms with Gasteiger partial charge in [-0.05, 0) is 49.6 Å². The van der Waals surface area contributed by atoms with Crippen LogP contribution in [0.4, 0.5) is 17.3 Å². The van der Waals surface area contributed by atoms with Crippen molar-refractivity contribution in [1.82, 2.24) is 5.16 Å². The molecule has 39 heavy (non-hydrogen) atoms. The number of anilines is 3. The van der Waals surface area contributed by atoms with Gasteiger partial charge in [-0.25, -0.2) is 17.9 Å². The number of hydrogen-bond acceptors (Lipinski definition) is 8. The van der Waals surface area contributed by atoms with Crippen molar-refractivity contribution in [2.45, 2.75) is 44.8 Å². The van der Waals surface area contributed by atoms with Gasteiger partial charge in [-0.15, -0.1) is 0 Å². The number of rotatable bonds is 8. The minimum atomic E-state index is -3.93. The number of hydrogen-bond donors (Lipinski definition) is 2. The second-order valence-corrected chi connectivity index (χ2v) is 11.1. The Bertz CT molecular complexity index is 1630. The maximum absolute atomic E-state index is 13.3. The summed E-state index contributed by atoms with van der Waals surface area (Å²) >= 11 is 0. The summed E-state index contributed by atoms with van der Waals surface area (Å²) in [5.41, 5.74) is 5.82. The first kappa shape index (κ1) is 26.3. The molecule has 4 aromatic rings. The Balaban J connectivity index is 1.43. The Kier molecular flexibility index (Phi) is 7.05. The van der Waals surface area contributed by atoms with Crippen LogP contribution in [0.15, 0.2) is 76.1 Å². The largest absolute Gasteiger partial charge is 0.465 e. The second-order valence-electron chi connectivity index (χ2n) is 9.41. The zero-order chi connectivity index (χ0) is 27.7. The number of aromatic nitrogens is 1. The van der Waals surface area contributed by atoms with Gasteiger partial charge in [0, 0.05) is 17.7 Å². The highest BCUT2D eigenvalue weighted by atomic mass is 32.2. The van der Waals surface area contributed by atoms with Gasteiger partial charge in [0.2, 0.25) is 5.88 Å². The lowest BCUT2D eigenvalue weighted by atomic mass is 10.0. The molecule has 0 aliphatic carbocycles. The van der Waals surface area contributed by atoms with E-state index in [1.807, 2.05) is 36.4 Å². The van der Waals surface area contributed by atoms with E-state index < -0.39 is 10.0 Å². The molecule has 0 amide bonds. The van der Waals surface area contributed by atoms with Crippen molar-refractivity contribution in [3.8, 4) is 11.1 Å². The van der Waals surface area contributed by atoms with E-state index in [1.165, 1.54) is 7.11 Å². The third-order valence-corrected chi connectivity index (χ3v) is 8.38. The standard InChI is InChI=1S/C29H30N4O5S/c1-5-26-30-24-11-8-10-23(29(34)37-4)27(24)33(26)17-20-13-15-21(16-14-20)22-9-6-7-12-25(22)39(35,36)32-28-18(2)19(3)31-38-28/h6-16,26,30,32H,5,17H2,1-4H3. The molecular formula is C29H30N4O5S. The van der Waals surface area contributed by atoms with Crippen LogP contribution in [0, 0.1) is 13.8 Å². The van der Waals surface area contributed by atoms with Crippen LogP contribution >= 0.6 is 0 Å². The Labute approximate surface area is 227 Å². The van der Waals surface area contributed by atoms with E-state index in [1.54, 1.807) is 44.2 Å². The number of carbonyl (C=O) groups is 1. The summed E-state index contributed by atoms with van der Waals surface area (Å²) in [4.78, 5) is 14.8. The molecule has 1 aliphatic rings. The van der Waals surface area contributed by atoms with Gasteiger partial charge in [0.15, 0.2) is 0 Å². The molecule has 0 saturated carbocycles. The van der Waals surface area contributed by atoms with Crippen LogP contribution in [0.1, 0.15) is 40.5 Å². The predicted molar refractivity (Wildman–Crippen MR) is 150 cm³/mol. The molecular weight excluding hydrogens is 516 g/mol. The van der Waals surface area contributed by atoms with Crippen molar-refractivity contribution >= 4 is 33.3 Å². The summed E-state index contributed by atoms with van der Waals surface area (Å²) < 4.78 is 39.3. The molecule has 0 radical (unpaired) electrons. The Morgan fingerprint density at radius 3 is 2.49 bits per heavy atom. The van der Waals surface area contributed by atoms with Gasteiger partial charge < -0.3 is 19.5 Å². The smallest absolute Gasteiger partial charge is 0.340 e. The maximum Gasteiger partial charge on any atom is 0.340 e. The molecule has 0 saturated heterocycles. The monoisotopic (exact) mass is 546 g/mol. The van der Waals surface area contributed by atoms with E-state index in [2.05, 4.69) is 27.0 Å². The van der Waals surface area contributed by atoms with E-state index in [4.69, 9.17) is 9.26 Å². The fraction of sp³-hybridized carbons (Fsp3) is 0.241. The molecule has 2 heterocycles. The number of benzene rings is 3. The van der Waals surface area contributed by atoms with Crippen LogP contribution in [-0.2, 0) is 21.3 Å². The lowest BCUT2D eigenvalue weighted by Crippen LogP contribution is -2.35. The van der Waals surface area contributed by atoms with Crippen LogP contribution in [0.25, 0.3) is 11.1 Å². The van der Waals surface area contributed by atoms with E-state index >= 15 is 0 Å². The van der Waals surface area contributed by atoms with Gasteiger partial charge >= 0.3 is 5.97 Å². The molecule has 0 fully saturated rings. The average Bonchev–Trinajstić information content (AvgIpc) is 3.47. The third-order valence-electron chi connectivity index (χ3n) is 6.99. The summed E-state index contributed by atoms with van der Waals surface area (Å²) in [5.74, 6) is -0.276. The van der Waals surface area contributed by atoms with Gasteiger partial charge in [0.1, 0.15) is 0 Å². The first-order valence-corrected chi connectivity index (χ1v) is 14.1. The first-order valence-electron chi connectivity index (χ1n) is 12.6. The molecule has 0 bridgehead atoms. The molecule has 1 aromatic heterocycles. The number of nitrogens with zero attached hydrogens (tertiary/aromatic N) is 2. The maximum atomic E-state index is 13.3. The number of methoxy groups -OCH3 is 1. The van der Waals surface area contributed by atoms with Gasteiger partial charge in [-0.3, -0.25) is 0 Å². The van der Waals surface area contributed by atoms with Gasteiger partial charge in [-0.2, -0.15) is 0 Å². The van der Waals surface area contributed by atoms with Crippen molar-refractivity contribution in [2.24, 2.45) is 0 Å². The van der Waals surface area contributed by atoms with Crippen LogP contribution in [0.5, 0.6) is 0 Å². The Hall–Kier alpha value is -4.31. The summed E-state index contributed by atoms with van der Waals surface area (Å²) in [6.07, 6.45) is 0.848. The van der Waals surface area contributed by atoms with E-state index in [0.29, 0.717) is 28.9 Å². The van der Waals surface area contributed by atoms with Gasteiger partial charge in [0.25, 0.3) is 10.0 Å². The fourth-order valence-corrected chi connectivity index (χ4v) is 6.06. The highest BCUT2D eigenvalue weighted by molar-refractivity contribution is 7.92. The number of sulfonamides is 1. The summed E-state index contributed by atoms with van der Waals surface area (Å²) in [7, 11) is -2.55. The number of fused-ring (bicyclic) bond motifs is 1. The quantitative estimate of drug-likeness (QED) is 0.270.